The number of hydrogen-bond donors (Lipinski definition) is 3. The van der Waals surface area contributed by atoms with Crippen LogP contribution in [0, 0.1) is 0 Å². The highest BCUT2D eigenvalue weighted by molar-refractivity contribution is 7.46. The summed E-state index contributed by atoms with van der Waals surface area (Å²) < 4.78 is 14.3. The molecule has 3 N–H and O–H groups in total. The van der Waals surface area contributed by atoms with Gasteiger partial charge in [-0.3, -0.25) is 14.1 Å². The van der Waals surface area contributed by atoms with Crippen LogP contribution in [0.1, 0.15) is 45.4 Å². The lowest BCUT2D eigenvalue weighted by atomic mass is 10.0. The van der Waals surface area contributed by atoms with Crippen LogP contribution in [-0.2, 0) is 18.7 Å². The van der Waals surface area contributed by atoms with E-state index in [2.05, 4.69) is 11.4 Å². The molecule has 0 aliphatic heterocycles. The molecule has 0 rings (SSSR count). The topological polar surface area (TPSA) is 121 Å². The van der Waals surface area contributed by atoms with Gasteiger partial charge in [0.2, 0.25) is 11.6 Å². The van der Waals surface area contributed by atoms with Crippen molar-refractivity contribution in [3.05, 3.63) is 0 Å². The van der Waals surface area contributed by atoms with E-state index in [1.807, 2.05) is 0 Å². The van der Waals surface area contributed by atoms with Gasteiger partial charge in [0.05, 0.1) is 0 Å². The van der Waals surface area contributed by atoms with Crippen molar-refractivity contribution >= 4 is 19.4 Å². The Bertz CT molecular complexity index is 336. The van der Waals surface area contributed by atoms with E-state index in [4.69, 9.17) is 9.79 Å². The van der Waals surface area contributed by atoms with Crippen molar-refractivity contribution in [3.8, 4) is 0 Å². The molecule has 0 aromatic rings. The molecule has 0 radical (unpaired) electrons. The van der Waals surface area contributed by atoms with Gasteiger partial charge in [0.1, 0.15) is 12.7 Å². The standard InChI is InChI=1S/C11H21O7P/c1-2-3-4-5-6-7-9(12)11(14)10(13)8-18-19(15,16)17/h9,12H,2-8H2,1H3,(H2,15,16,17). The molecule has 112 valence electrons. The van der Waals surface area contributed by atoms with E-state index in [-0.39, 0.29) is 6.42 Å². The Labute approximate surface area is 112 Å². The van der Waals surface area contributed by atoms with E-state index >= 15 is 0 Å². The molecule has 0 saturated carbocycles. The molecule has 0 amide bonds. The van der Waals surface area contributed by atoms with E-state index in [1.54, 1.807) is 0 Å². The van der Waals surface area contributed by atoms with Crippen LogP contribution in [0.15, 0.2) is 0 Å². The zero-order chi connectivity index (χ0) is 14.9. The van der Waals surface area contributed by atoms with Crippen molar-refractivity contribution in [2.75, 3.05) is 6.61 Å². The molecule has 7 nitrogen and oxygen atoms in total. The van der Waals surface area contributed by atoms with Gasteiger partial charge in [0.15, 0.2) is 0 Å². The molecule has 1 atom stereocenters. The van der Waals surface area contributed by atoms with Crippen LogP contribution in [-0.4, -0.2) is 39.2 Å². The van der Waals surface area contributed by atoms with Crippen LogP contribution in [0.4, 0.5) is 0 Å². The maximum atomic E-state index is 11.3. The molecule has 0 saturated heterocycles. The highest BCUT2D eigenvalue weighted by Crippen LogP contribution is 2.35. The van der Waals surface area contributed by atoms with Crippen LogP contribution in [0.25, 0.3) is 0 Å². The van der Waals surface area contributed by atoms with Crippen LogP contribution in [0.3, 0.4) is 0 Å². The number of ketones is 2. The molecule has 8 heteroatoms. The SMILES string of the molecule is CCCCCCCC(O)C(=O)C(=O)COP(=O)(O)O. The molecule has 0 bridgehead atoms. The molecular weight excluding hydrogens is 275 g/mol. The molecule has 19 heavy (non-hydrogen) atoms. The lowest BCUT2D eigenvalue weighted by Gasteiger charge is -2.09. The summed E-state index contributed by atoms with van der Waals surface area (Å²) in [7, 11) is -4.78. The number of carbonyl (C=O) groups is 2. The molecule has 1 unspecified atom stereocenters. The first-order chi connectivity index (χ1) is 8.78. The van der Waals surface area contributed by atoms with Crippen molar-refractivity contribution < 1.29 is 33.6 Å². The molecule has 0 fully saturated rings. The van der Waals surface area contributed by atoms with E-state index in [0.717, 1.165) is 25.7 Å². The van der Waals surface area contributed by atoms with E-state index in [0.29, 0.717) is 6.42 Å². The average Bonchev–Trinajstić information content (AvgIpc) is 2.33. The third-order valence-corrected chi connectivity index (χ3v) is 2.99. The third-order valence-electron chi connectivity index (χ3n) is 2.52. The zero-order valence-corrected chi connectivity index (χ0v) is 11.8. The molecule has 0 aliphatic carbocycles. The maximum absolute atomic E-state index is 11.3. The fourth-order valence-corrected chi connectivity index (χ4v) is 1.76. The van der Waals surface area contributed by atoms with Crippen LogP contribution in [0.5, 0.6) is 0 Å². The van der Waals surface area contributed by atoms with Crippen LogP contribution < -0.4 is 0 Å². The predicted octanol–water partition coefficient (Wildman–Crippen LogP) is 0.955. The van der Waals surface area contributed by atoms with Gasteiger partial charge in [-0.2, -0.15) is 0 Å². The smallest absolute Gasteiger partial charge is 0.385 e. The van der Waals surface area contributed by atoms with Crippen molar-refractivity contribution in [1.82, 2.24) is 0 Å². The van der Waals surface area contributed by atoms with Crippen molar-refractivity contribution in [3.63, 3.8) is 0 Å². The first-order valence-corrected chi connectivity index (χ1v) is 7.76. The largest absolute Gasteiger partial charge is 0.470 e. The third kappa shape index (κ3) is 9.92. The minimum absolute atomic E-state index is 0.171. The highest BCUT2D eigenvalue weighted by Gasteiger charge is 2.25. The van der Waals surface area contributed by atoms with Gasteiger partial charge < -0.3 is 14.9 Å². The molecule has 0 aromatic carbocycles. The number of unbranched alkanes of at least 4 members (excludes halogenated alkanes) is 4. The molecule has 0 spiro atoms. The van der Waals surface area contributed by atoms with Crippen molar-refractivity contribution in [2.45, 2.75) is 51.6 Å². The first-order valence-electron chi connectivity index (χ1n) is 6.23. The Kier molecular flexibility index (Phi) is 9.05. The second-order valence-corrected chi connectivity index (χ2v) is 5.51. The summed E-state index contributed by atoms with van der Waals surface area (Å²) in [4.78, 5) is 39.3. The lowest BCUT2D eigenvalue weighted by molar-refractivity contribution is -0.143. The number of hydrogen-bond acceptors (Lipinski definition) is 5. The second-order valence-electron chi connectivity index (χ2n) is 4.27. The summed E-state index contributed by atoms with van der Waals surface area (Å²) in [6, 6.07) is 0. The zero-order valence-electron chi connectivity index (χ0n) is 10.9. The highest BCUT2D eigenvalue weighted by atomic mass is 31.2. The lowest BCUT2D eigenvalue weighted by Crippen LogP contribution is -2.31. The fourth-order valence-electron chi connectivity index (χ4n) is 1.47. The normalized spacial score (nSPS) is 13.3. The monoisotopic (exact) mass is 296 g/mol. The number of carbonyl (C=O) groups excluding carboxylic acids is 2. The van der Waals surface area contributed by atoms with Crippen LogP contribution >= 0.6 is 7.82 Å². The quantitative estimate of drug-likeness (QED) is 0.295. The minimum Gasteiger partial charge on any atom is -0.385 e. The second kappa shape index (κ2) is 9.34. The van der Waals surface area contributed by atoms with Crippen molar-refractivity contribution in [2.24, 2.45) is 0 Å². The number of aliphatic hydroxyl groups excluding tert-OH is 1. The summed E-state index contributed by atoms with van der Waals surface area (Å²) in [5, 5.41) is 9.45. The van der Waals surface area contributed by atoms with Gasteiger partial charge in [0.25, 0.3) is 0 Å². The fraction of sp³-hybridized carbons (Fsp3) is 0.818. The van der Waals surface area contributed by atoms with Gasteiger partial charge in [-0.1, -0.05) is 39.0 Å². The first kappa shape index (κ1) is 18.4. The minimum atomic E-state index is -4.78. The Morgan fingerprint density at radius 3 is 2.26 bits per heavy atom. The van der Waals surface area contributed by atoms with Crippen molar-refractivity contribution in [1.29, 1.82) is 0 Å². The van der Waals surface area contributed by atoms with Gasteiger partial charge in [-0.25, -0.2) is 4.57 Å². The van der Waals surface area contributed by atoms with Gasteiger partial charge in [-0.15, -0.1) is 0 Å². The number of phosphoric ester groups is 1. The Morgan fingerprint density at radius 2 is 1.74 bits per heavy atom. The maximum Gasteiger partial charge on any atom is 0.470 e. The Morgan fingerprint density at radius 1 is 1.16 bits per heavy atom. The molecule has 0 heterocycles. The summed E-state index contributed by atoms with van der Waals surface area (Å²) in [5.41, 5.74) is 0. The average molecular weight is 296 g/mol. The summed E-state index contributed by atoms with van der Waals surface area (Å²) >= 11 is 0. The molecular formula is C11H21O7P. The number of Topliss-reactive ketones (excluding diaryl/α,β-unsaturated/α-hetero) is 2. The van der Waals surface area contributed by atoms with Gasteiger partial charge in [0, 0.05) is 0 Å². The van der Waals surface area contributed by atoms with E-state index in [1.165, 1.54) is 0 Å². The number of aliphatic hydroxyl groups is 1. The number of phosphoric acid groups is 1. The summed E-state index contributed by atoms with van der Waals surface area (Å²) in [5.74, 6) is -2.20. The Balaban J connectivity index is 3.91. The van der Waals surface area contributed by atoms with Gasteiger partial charge in [-0.05, 0) is 6.42 Å². The predicted molar refractivity (Wildman–Crippen MR) is 67.4 cm³/mol. The summed E-state index contributed by atoms with van der Waals surface area (Å²) in [6.45, 7) is 1.05. The van der Waals surface area contributed by atoms with Crippen LogP contribution in [0.2, 0.25) is 0 Å². The van der Waals surface area contributed by atoms with E-state index < -0.39 is 32.1 Å². The Hall–Kier alpha value is -0.590. The number of rotatable bonds is 11. The summed E-state index contributed by atoms with van der Waals surface area (Å²) in [6.07, 6.45) is 3.41. The molecule has 0 aromatic heterocycles. The van der Waals surface area contributed by atoms with Gasteiger partial charge >= 0.3 is 7.82 Å². The van der Waals surface area contributed by atoms with E-state index in [9.17, 15) is 19.3 Å². The molecule has 0 aliphatic rings.